The highest BCUT2D eigenvalue weighted by molar-refractivity contribution is 5.85. The zero-order valence-electron chi connectivity index (χ0n) is 14.9. The smallest absolute Gasteiger partial charge is 0.334 e. The number of esters is 1. The maximum Gasteiger partial charge on any atom is 0.334 e. The van der Waals surface area contributed by atoms with Gasteiger partial charge in [0.15, 0.2) is 6.10 Å². The summed E-state index contributed by atoms with van der Waals surface area (Å²) >= 11 is 0. The van der Waals surface area contributed by atoms with Gasteiger partial charge < -0.3 is 14.7 Å². The van der Waals surface area contributed by atoms with E-state index < -0.39 is 12.1 Å². The zero-order valence-corrected chi connectivity index (χ0v) is 14.9. The largest absolute Gasteiger partial charge is 0.467 e. The van der Waals surface area contributed by atoms with Crippen molar-refractivity contribution in [3.63, 3.8) is 0 Å². The molecule has 4 heteroatoms. The lowest BCUT2D eigenvalue weighted by atomic mass is 9.91. The van der Waals surface area contributed by atoms with Gasteiger partial charge in [0.2, 0.25) is 0 Å². The predicted octanol–water partition coefficient (Wildman–Crippen LogP) is 3.02. The molecule has 1 aliphatic rings. The first-order valence-electron chi connectivity index (χ1n) is 9.14. The molecule has 1 saturated heterocycles. The van der Waals surface area contributed by atoms with Crippen LogP contribution in [0.3, 0.4) is 0 Å². The van der Waals surface area contributed by atoms with Crippen LogP contribution in [0, 0.1) is 5.92 Å². The van der Waals surface area contributed by atoms with Crippen LogP contribution >= 0.6 is 0 Å². The van der Waals surface area contributed by atoms with Gasteiger partial charge in [0.25, 0.3) is 0 Å². The molecule has 1 fully saturated rings. The summed E-state index contributed by atoms with van der Waals surface area (Å²) in [4.78, 5) is 13.9. The highest BCUT2D eigenvalue weighted by Crippen LogP contribution is 2.23. The average Bonchev–Trinajstić information content (AvgIpc) is 2.67. The molecule has 1 aliphatic heterocycles. The minimum atomic E-state index is -0.970. The molecule has 0 bridgehead atoms. The monoisotopic (exact) mass is 341 g/mol. The fraction of sp³-hybridized carbons (Fsp3) is 0.476. The number of carbonyl (C=O) groups is 1. The van der Waals surface area contributed by atoms with Crippen LogP contribution in [0.5, 0.6) is 0 Å². The summed E-state index contributed by atoms with van der Waals surface area (Å²) in [5.74, 6) is -0.476. The molecule has 0 amide bonds. The van der Waals surface area contributed by atoms with Crippen LogP contribution in [-0.2, 0) is 16.0 Å². The summed E-state index contributed by atoms with van der Waals surface area (Å²) in [6, 6.07) is 15.1. The van der Waals surface area contributed by atoms with E-state index in [-0.39, 0.29) is 5.92 Å². The molecular weight excluding hydrogens is 314 g/mol. The predicted molar refractivity (Wildman–Crippen MR) is 99.5 cm³/mol. The molecule has 1 N–H and O–H groups in total. The number of aliphatic hydroxyl groups excluding tert-OH is 1. The van der Waals surface area contributed by atoms with E-state index in [4.69, 9.17) is 0 Å². The molecule has 134 valence electrons. The first kappa shape index (κ1) is 17.9. The normalized spacial score (nSPS) is 17.5. The van der Waals surface area contributed by atoms with Gasteiger partial charge in [-0.25, -0.2) is 4.79 Å². The number of piperidine rings is 1. The fourth-order valence-corrected chi connectivity index (χ4v) is 3.81. The highest BCUT2D eigenvalue weighted by Gasteiger charge is 2.30. The number of hydrogen-bond acceptors (Lipinski definition) is 4. The van der Waals surface area contributed by atoms with E-state index in [1.807, 2.05) is 0 Å². The lowest BCUT2D eigenvalue weighted by molar-refractivity contribution is -0.154. The molecule has 2 aromatic rings. The van der Waals surface area contributed by atoms with Crippen molar-refractivity contribution in [2.24, 2.45) is 5.92 Å². The van der Waals surface area contributed by atoms with Crippen molar-refractivity contribution >= 4 is 16.7 Å². The maximum absolute atomic E-state index is 11.4. The summed E-state index contributed by atoms with van der Waals surface area (Å²) in [6.45, 7) is 2.94. The number of likely N-dealkylation sites (tertiary alicyclic amines) is 1. The molecule has 3 rings (SSSR count). The third-order valence-corrected chi connectivity index (χ3v) is 5.32. The van der Waals surface area contributed by atoms with E-state index in [1.165, 1.54) is 23.4 Å². The van der Waals surface area contributed by atoms with Crippen molar-refractivity contribution in [1.29, 1.82) is 0 Å². The number of hydrogen-bond donors (Lipinski definition) is 1. The molecule has 0 radical (unpaired) electrons. The molecule has 1 unspecified atom stereocenters. The number of methoxy groups -OCH3 is 1. The fourth-order valence-electron chi connectivity index (χ4n) is 3.81. The van der Waals surface area contributed by atoms with Crippen LogP contribution in [0.1, 0.15) is 24.8 Å². The van der Waals surface area contributed by atoms with Crippen LogP contribution in [0.15, 0.2) is 42.5 Å². The van der Waals surface area contributed by atoms with Gasteiger partial charge in [-0.1, -0.05) is 42.5 Å². The number of carbonyl (C=O) groups excluding carboxylic acids is 1. The van der Waals surface area contributed by atoms with Crippen molar-refractivity contribution in [2.45, 2.75) is 31.8 Å². The second-order valence-corrected chi connectivity index (χ2v) is 6.89. The number of nitrogens with zero attached hydrogens (tertiary/aromatic N) is 1. The Morgan fingerprint density at radius 1 is 1.20 bits per heavy atom. The Morgan fingerprint density at radius 2 is 1.92 bits per heavy atom. The zero-order chi connectivity index (χ0) is 17.6. The van der Waals surface area contributed by atoms with Crippen molar-refractivity contribution in [3.05, 3.63) is 48.0 Å². The van der Waals surface area contributed by atoms with Gasteiger partial charge in [-0.05, 0) is 67.6 Å². The van der Waals surface area contributed by atoms with E-state index in [0.29, 0.717) is 0 Å². The number of aryl methyl sites for hydroxylation is 1. The molecular formula is C21H27NO3. The molecule has 0 aliphatic carbocycles. The Hall–Kier alpha value is -1.91. The first-order chi connectivity index (χ1) is 12.2. The van der Waals surface area contributed by atoms with Crippen LogP contribution in [0.4, 0.5) is 0 Å². The van der Waals surface area contributed by atoms with Gasteiger partial charge in [-0.2, -0.15) is 0 Å². The third kappa shape index (κ3) is 4.39. The quantitative estimate of drug-likeness (QED) is 0.821. The van der Waals surface area contributed by atoms with Gasteiger partial charge in [0.05, 0.1) is 7.11 Å². The van der Waals surface area contributed by atoms with Gasteiger partial charge in [-0.3, -0.25) is 0 Å². The Morgan fingerprint density at radius 3 is 2.68 bits per heavy atom. The van der Waals surface area contributed by atoms with Gasteiger partial charge in [-0.15, -0.1) is 0 Å². The molecule has 25 heavy (non-hydrogen) atoms. The summed E-state index contributed by atoms with van der Waals surface area (Å²) in [5, 5.41) is 12.6. The lowest BCUT2D eigenvalue weighted by Crippen LogP contribution is -2.41. The molecule has 0 saturated carbocycles. The van der Waals surface area contributed by atoms with Crippen LogP contribution in [0.2, 0.25) is 0 Å². The SMILES string of the molecule is COC(=O)C(O)C1CCN(CCCc2cccc3ccccc23)CC1. The van der Waals surface area contributed by atoms with E-state index in [2.05, 4.69) is 52.1 Å². The minimum Gasteiger partial charge on any atom is -0.467 e. The van der Waals surface area contributed by atoms with Gasteiger partial charge in [0, 0.05) is 0 Å². The Bertz CT molecular complexity index is 702. The number of ether oxygens (including phenoxy) is 1. The van der Waals surface area contributed by atoms with Gasteiger partial charge in [0.1, 0.15) is 0 Å². The van der Waals surface area contributed by atoms with Crippen LogP contribution in [-0.4, -0.2) is 48.8 Å². The molecule has 2 aromatic carbocycles. The van der Waals surface area contributed by atoms with Crippen LogP contribution < -0.4 is 0 Å². The van der Waals surface area contributed by atoms with E-state index >= 15 is 0 Å². The van der Waals surface area contributed by atoms with Gasteiger partial charge >= 0.3 is 5.97 Å². The lowest BCUT2D eigenvalue weighted by Gasteiger charge is -2.33. The van der Waals surface area contributed by atoms with E-state index in [0.717, 1.165) is 45.3 Å². The second kappa shape index (κ2) is 8.45. The number of rotatable bonds is 6. The first-order valence-corrected chi connectivity index (χ1v) is 9.14. The molecule has 0 aromatic heterocycles. The number of aliphatic hydroxyl groups is 1. The summed E-state index contributed by atoms with van der Waals surface area (Å²) in [7, 11) is 1.33. The van der Waals surface area contributed by atoms with Crippen molar-refractivity contribution < 1.29 is 14.6 Å². The Kier molecular flexibility index (Phi) is 6.05. The van der Waals surface area contributed by atoms with Crippen molar-refractivity contribution in [3.8, 4) is 0 Å². The maximum atomic E-state index is 11.4. The van der Waals surface area contributed by atoms with E-state index in [9.17, 15) is 9.90 Å². The van der Waals surface area contributed by atoms with E-state index in [1.54, 1.807) is 0 Å². The third-order valence-electron chi connectivity index (χ3n) is 5.32. The summed E-state index contributed by atoms with van der Waals surface area (Å²) in [6.07, 6.45) is 2.93. The topological polar surface area (TPSA) is 49.8 Å². The summed E-state index contributed by atoms with van der Waals surface area (Å²) < 4.78 is 4.64. The molecule has 0 spiro atoms. The summed E-state index contributed by atoms with van der Waals surface area (Å²) in [5.41, 5.74) is 1.41. The van der Waals surface area contributed by atoms with Crippen LogP contribution in [0.25, 0.3) is 10.8 Å². The standard InChI is InChI=1S/C21H27NO3/c1-25-21(24)20(23)18-11-14-22(15-12-18)13-5-9-17-8-4-7-16-6-2-3-10-19(16)17/h2-4,6-8,10,18,20,23H,5,9,11-15H2,1H3. The number of benzene rings is 2. The molecule has 1 heterocycles. The Labute approximate surface area is 149 Å². The molecule has 4 nitrogen and oxygen atoms in total. The molecule has 1 atom stereocenters. The number of fused-ring (bicyclic) bond motifs is 1. The second-order valence-electron chi connectivity index (χ2n) is 6.89. The van der Waals surface area contributed by atoms with Crippen molar-refractivity contribution in [1.82, 2.24) is 4.90 Å². The highest BCUT2D eigenvalue weighted by atomic mass is 16.5. The minimum absolute atomic E-state index is 0.0294. The van der Waals surface area contributed by atoms with Crippen molar-refractivity contribution in [2.75, 3.05) is 26.7 Å². The Balaban J connectivity index is 1.47. The average molecular weight is 341 g/mol.